The highest BCUT2D eigenvalue weighted by Gasteiger charge is 2.19. The fourth-order valence-corrected chi connectivity index (χ4v) is 5.75. The zero-order valence-electron chi connectivity index (χ0n) is 18.3. The minimum Gasteiger partial charge on any atom is -0.400 e. The molecule has 4 nitrogen and oxygen atoms in total. The van der Waals surface area contributed by atoms with Crippen LogP contribution in [-0.4, -0.2) is 47.3 Å². The summed E-state index contributed by atoms with van der Waals surface area (Å²) in [6.07, 6.45) is 4.75. The molecule has 0 saturated carbocycles. The van der Waals surface area contributed by atoms with E-state index in [9.17, 15) is 0 Å². The number of aliphatic hydroxyl groups is 1. The average Bonchev–Trinajstić information content (AvgIpc) is 3.13. The van der Waals surface area contributed by atoms with Crippen LogP contribution in [0.15, 0.2) is 64.5 Å². The van der Waals surface area contributed by atoms with Crippen LogP contribution in [0, 0.1) is 0 Å². The molecule has 2 heterocycles. The summed E-state index contributed by atoms with van der Waals surface area (Å²) in [7, 11) is 3.21. The van der Waals surface area contributed by atoms with Crippen molar-refractivity contribution in [1.82, 2.24) is 13.6 Å². The van der Waals surface area contributed by atoms with Crippen LogP contribution in [0.2, 0.25) is 0 Å². The standard InChI is InChI=1S/C23H29N3S2.CH4O/c1-17(2)20-10-7-11-21-23(20)22(27-24-18-12-14-25(3)15-13-18)16-26(21)28-19-8-5-4-6-9-19;1-2/h4-11,16-18,24H,12-15H2,1-3H3;2H,1H3. The SMILES string of the molecule is CC(C)c1cccc2c1c(SNC1CCN(C)CC1)cn2Sc1ccccc1.CO. The number of likely N-dealkylation sites (tertiary alicyclic amines) is 1. The highest BCUT2D eigenvalue weighted by molar-refractivity contribution is 7.98. The van der Waals surface area contributed by atoms with Crippen LogP contribution in [0.3, 0.4) is 0 Å². The maximum absolute atomic E-state index is 7.00. The van der Waals surface area contributed by atoms with Gasteiger partial charge in [0.05, 0.1) is 5.52 Å². The molecule has 1 aliphatic heterocycles. The zero-order chi connectivity index (χ0) is 21.5. The second-order valence-corrected chi connectivity index (χ2v) is 9.84. The highest BCUT2D eigenvalue weighted by atomic mass is 32.2. The molecule has 1 aliphatic rings. The number of aliphatic hydroxyl groups excluding tert-OH is 1. The molecule has 2 aromatic carbocycles. The first kappa shape index (κ1) is 23.2. The van der Waals surface area contributed by atoms with E-state index in [-0.39, 0.29) is 0 Å². The monoisotopic (exact) mass is 443 g/mol. The summed E-state index contributed by atoms with van der Waals surface area (Å²) in [5.41, 5.74) is 2.73. The number of hydrogen-bond acceptors (Lipinski definition) is 5. The molecule has 0 unspecified atom stereocenters. The highest BCUT2D eigenvalue weighted by Crippen LogP contribution is 2.38. The molecular weight excluding hydrogens is 410 g/mol. The van der Waals surface area contributed by atoms with Gasteiger partial charge in [0.15, 0.2) is 0 Å². The number of hydrogen-bond donors (Lipinski definition) is 2. The van der Waals surface area contributed by atoms with Crippen LogP contribution in [-0.2, 0) is 0 Å². The summed E-state index contributed by atoms with van der Waals surface area (Å²) in [4.78, 5) is 5.01. The first-order chi connectivity index (χ1) is 14.6. The van der Waals surface area contributed by atoms with Crippen LogP contribution in [0.4, 0.5) is 0 Å². The third-order valence-corrected chi connectivity index (χ3v) is 7.38. The lowest BCUT2D eigenvalue weighted by Crippen LogP contribution is -2.38. The lowest BCUT2D eigenvalue weighted by atomic mass is 9.99. The van der Waals surface area contributed by atoms with Crippen molar-refractivity contribution in [1.29, 1.82) is 0 Å². The van der Waals surface area contributed by atoms with E-state index in [1.54, 1.807) is 11.9 Å². The van der Waals surface area contributed by atoms with Gasteiger partial charge in [-0.3, -0.25) is 8.69 Å². The van der Waals surface area contributed by atoms with Crippen LogP contribution in [0.25, 0.3) is 10.9 Å². The molecule has 6 heteroatoms. The van der Waals surface area contributed by atoms with Gasteiger partial charge in [-0.25, -0.2) is 0 Å². The Bertz CT molecular complexity index is 919. The van der Waals surface area contributed by atoms with E-state index in [1.165, 1.54) is 52.2 Å². The Balaban J connectivity index is 0.00000124. The van der Waals surface area contributed by atoms with Gasteiger partial charge in [-0.15, -0.1) is 0 Å². The van der Waals surface area contributed by atoms with Crippen molar-refractivity contribution in [3.05, 3.63) is 60.3 Å². The topological polar surface area (TPSA) is 40.4 Å². The van der Waals surface area contributed by atoms with Crippen molar-refractivity contribution in [3.63, 3.8) is 0 Å². The molecule has 0 radical (unpaired) electrons. The molecule has 0 bridgehead atoms. The maximum Gasteiger partial charge on any atom is 0.0609 e. The third-order valence-electron chi connectivity index (χ3n) is 5.42. The molecule has 30 heavy (non-hydrogen) atoms. The second-order valence-electron chi connectivity index (χ2n) is 7.92. The summed E-state index contributed by atoms with van der Waals surface area (Å²) in [6.45, 7) is 6.94. The van der Waals surface area contributed by atoms with E-state index in [4.69, 9.17) is 5.11 Å². The number of nitrogens with zero attached hydrogens (tertiary/aromatic N) is 2. The smallest absolute Gasteiger partial charge is 0.0609 e. The number of nitrogens with one attached hydrogen (secondary N) is 1. The lowest BCUT2D eigenvalue weighted by Gasteiger charge is -2.29. The molecule has 3 aromatic rings. The van der Waals surface area contributed by atoms with Gasteiger partial charge in [0, 0.05) is 34.5 Å². The Kier molecular flexibility index (Phi) is 8.72. The summed E-state index contributed by atoms with van der Waals surface area (Å²) in [5, 5.41) is 8.39. The first-order valence-electron chi connectivity index (χ1n) is 10.5. The van der Waals surface area contributed by atoms with E-state index in [2.05, 4.69) is 89.2 Å². The molecule has 162 valence electrons. The summed E-state index contributed by atoms with van der Waals surface area (Å²) in [6, 6.07) is 17.9. The van der Waals surface area contributed by atoms with Crippen molar-refractivity contribution in [2.24, 2.45) is 0 Å². The Labute approximate surface area is 189 Å². The number of piperidine rings is 1. The van der Waals surface area contributed by atoms with Gasteiger partial charge in [0.1, 0.15) is 0 Å². The minimum absolute atomic E-state index is 0.504. The van der Waals surface area contributed by atoms with Crippen LogP contribution in [0.5, 0.6) is 0 Å². The summed E-state index contributed by atoms with van der Waals surface area (Å²) in [5.74, 6) is 0.504. The Morgan fingerprint density at radius 1 is 1.00 bits per heavy atom. The fraction of sp³-hybridized carbons (Fsp3) is 0.417. The Morgan fingerprint density at radius 2 is 1.70 bits per heavy atom. The van der Waals surface area contributed by atoms with E-state index in [0.717, 1.165) is 7.11 Å². The van der Waals surface area contributed by atoms with Gasteiger partial charge in [0.25, 0.3) is 0 Å². The molecule has 2 N–H and O–H groups in total. The van der Waals surface area contributed by atoms with Crippen LogP contribution < -0.4 is 4.72 Å². The molecule has 1 saturated heterocycles. The second kappa shape index (κ2) is 11.3. The summed E-state index contributed by atoms with van der Waals surface area (Å²) < 4.78 is 6.09. The molecule has 0 spiro atoms. The molecule has 0 aliphatic carbocycles. The van der Waals surface area contributed by atoms with Crippen LogP contribution in [0.1, 0.15) is 38.2 Å². The normalized spacial score (nSPS) is 15.4. The average molecular weight is 444 g/mol. The minimum atomic E-state index is 0.504. The number of rotatable bonds is 6. The van der Waals surface area contributed by atoms with Crippen molar-refractivity contribution < 1.29 is 5.11 Å². The van der Waals surface area contributed by atoms with E-state index in [0.29, 0.717) is 12.0 Å². The van der Waals surface area contributed by atoms with Gasteiger partial charge in [-0.05, 0) is 86.6 Å². The molecule has 0 amide bonds. The van der Waals surface area contributed by atoms with Gasteiger partial charge >= 0.3 is 0 Å². The Morgan fingerprint density at radius 3 is 2.37 bits per heavy atom. The quantitative estimate of drug-likeness (QED) is 0.484. The molecule has 1 fully saturated rings. The van der Waals surface area contributed by atoms with Gasteiger partial charge in [-0.1, -0.05) is 44.2 Å². The molecule has 0 atom stereocenters. The van der Waals surface area contributed by atoms with E-state index >= 15 is 0 Å². The third kappa shape index (κ3) is 5.62. The predicted octanol–water partition coefficient (Wildman–Crippen LogP) is 5.62. The largest absolute Gasteiger partial charge is 0.400 e. The van der Waals surface area contributed by atoms with Gasteiger partial charge in [0.2, 0.25) is 0 Å². The van der Waals surface area contributed by atoms with E-state index < -0.39 is 0 Å². The van der Waals surface area contributed by atoms with Crippen LogP contribution >= 0.6 is 23.9 Å². The number of aromatic nitrogens is 1. The first-order valence-corrected chi connectivity index (χ1v) is 12.1. The number of benzene rings is 2. The van der Waals surface area contributed by atoms with Crippen molar-refractivity contribution in [2.45, 2.75) is 48.4 Å². The Hall–Kier alpha value is -1.44. The van der Waals surface area contributed by atoms with Crippen molar-refractivity contribution in [3.8, 4) is 0 Å². The maximum atomic E-state index is 7.00. The lowest BCUT2D eigenvalue weighted by molar-refractivity contribution is 0.250. The van der Waals surface area contributed by atoms with Crippen molar-refractivity contribution in [2.75, 3.05) is 27.2 Å². The zero-order valence-corrected chi connectivity index (χ0v) is 20.0. The summed E-state index contributed by atoms with van der Waals surface area (Å²) >= 11 is 3.61. The van der Waals surface area contributed by atoms with Crippen molar-refractivity contribution >= 4 is 34.8 Å². The van der Waals surface area contributed by atoms with Gasteiger partial charge < -0.3 is 10.0 Å². The number of fused-ring (bicyclic) bond motifs is 1. The van der Waals surface area contributed by atoms with E-state index in [1.807, 2.05) is 11.9 Å². The molecule has 4 rings (SSSR count). The molecule has 1 aromatic heterocycles. The predicted molar refractivity (Wildman–Crippen MR) is 131 cm³/mol. The molecular formula is C24H33N3OS2. The van der Waals surface area contributed by atoms with Gasteiger partial charge in [-0.2, -0.15) is 0 Å². The fourth-order valence-electron chi connectivity index (χ4n) is 3.75.